The number of nitrogens with zero attached hydrogens (tertiary/aromatic N) is 4. The van der Waals surface area contributed by atoms with Crippen LogP contribution in [0.25, 0.3) is 44.8 Å². The van der Waals surface area contributed by atoms with Crippen LogP contribution in [0.15, 0.2) is 84.9 Å². The average molecular weight is 619 g/mol. The van der Waals surface area contributed by atoms with E-state index in [1.54, 1.807) is 0 Å². The zero-order valence-corrected chi connectivity index (χ0v) is 25.1. The summed E-state index contributed by atoms with van der Waals surface area (Å²) in [6.07, 6.45) is 1.03. The molecule has 8 rings (SSSR count). The lowest BCUT2D eigenvalue weighted by atomic mass is 10.1. The molecule has 0 bridgehead atoms. The number of imidazole rings is 2. The molecule has 0 spiro atoms. The number of hydrogen-bond donors (Lipinski definition) is 2. The number of hydrogen-bond acceptors (Lipinski definition) is 4. The van der Waals surface area contributed by atoms with Gasteiger partial charge >= 0.3 is 0 Å². The number of alkyl halides is 1. The number of carbonyl (C=O) groups is 2. The average Bonchev–Trinajstić information content (AvgIpc) is 3.51. The van der Waals surface area contributed by atoms with Crippen molar-refractivity contribution in [2.75, 3.05) is 13.1 Å². The molecule has 0 saturated heterocycles. The van der Waals surface area contributed by atoms with Gasteiger partial charge in [0.25, 0.3) is 11.8 Å². The van der Waals surface area contributed by atoms with Gasteiger partial charge in [0.2, 0.25) is 0 Å². The Morgan fingerprint density at radius 2 is 1.11 bits per heavy atom. The maximum Gasteiger partial charge on any atom is 0.253 e. The summed E-state index contributed by atoms with van der Waals surface area (Å²) in [6.45, 7) is 4.83. The van der Waals surface area contributed by atoms with E-state index >= 15 is 0 Å². The molecule has 6 aromatic rings. The lowest BCUT2D eigenvalue weighted by molar-refractivity contribution is 0.0948. The highest BCUT2D eigenvalue weighted by Crippen LogP contribution is 2.30. The van der Waals surface area contributed by atoms with Gasteiger partial charge in [0.1, 0.15) is 11.6 Å². The van der Waals surface area contributed by atoms with Gasteiger partial charge in [-0.2, -0.15) is 0 Å². The number of carbonyl (C=O) groups excluding carboxylic acids is 2. The topological polar surface area (TPSA) is 93.8 Å². The highest BCUT2D eigenvalue weighted by molar-refractivity contribution is 6.17. The quantitative estimate of drug-likeness (QED) is 0.212. The zero-order valence-electron chi connectivity index (χ0n) is 24.3. The van der Waals surface area contributed by atoms with Crippen LogP contribution in [0, 0.1) is 0 Å². The van der Waals surface area contributed by atoms with Crippen LogP contribution in [0.5, 0.6) is 0 Å². The first kappa shape index (κ1) is 30.1. The third kappa shape index (κ3) is 5.46. The van der Waals surface area contributed by atoms with E-state index in [0.717, 1.165) is 63.4 Å². The third-order valence-corrected chi connectivity index (χ3v) is 8.56. The Balaban J connectivity index is 0.000000155. The highest BCUT2D eigenvalue weighted by Gasteiger charge is 2.23. The summed E-state index contributed by atoms with van der Waals surface area (Å²) in [5.41, 5.74) is 9.49. The molecule has 2 aliphatic rings. The molecule has 0 saturated carbocycles. The second kappa shape index (κ2) is 12.6. The SMILES string of the molecule is C.CCc1ccc(-c2nc3cccc4c3n2CCNC4=O)cc1.O=C1NCCn2c(-c3ccc(CCl)cc3)nc3cccc1c32. The fourth-order valence-corrected chi connectivity index (χ4v) is 6.18. The molecule has 9 heteroatoms. The van der Waals surface area contributed by atoms with E-state index in [4.69, 9.17) is 21.6 Å². The first-order valence-electron chi connectivity index (χ1n) is 14.8. The van der Waals surface area contributed by atoms with Crippen molar-refractivity contribution in [2.45, 2.75) is 39.7 Å². The fraction of sp³-hybridized carbons (Fsp3) is 0.222. The summed E-state index contributed by atoms with van der Waals surface area (Å²) in [5, 5.41) is 5.88. The van der Waals surface area contributed by atoms with E-state index < -0.39 is 0 Å². The van der Waals surface area contributed by atoms with Crippen LogP contribution in [0.1, 0.15) is 46.2 Å². The van der Waals surface area contributed by atoms with Gasteiger partial charge in [-0.3, -0.25) is 9.59 Å². The van der Waals surface area contributed by atoms with Crippen molar-refractivity contribution in [2.24, 2.45) is 0 Å². The van der Waals surface area contributed by atoms with Crippen molar-refractivity contribution in [3.8, 4) is 22.8 Å². The van der Waals surface area contributed by atoms with E-state index in [0.29, 0.717) is 36.6 Å². The molecular formula is C36H35ClN6O2. The molecule has 0 aliphatic carbocycles. The summed E-state index contributed by atoms with van der Waals surface area (Å²) < 4.78 is 4.28. The number of rotatable bonds is 4. The van der Waals surface area contributed by atoms with Crippen molar-refractivity contribution in [3.05, 3.63) is 107 Å². The van der Waals surface area contributed by atoms with Crippen molar-refractivity contribution < 1.29 is 9.59 Å². The van der Waals surface area contributed by atoms with Crippen LogP contribution in [0.2, 0.25) is 0 Å². The monoisotopic (exact) mass is 618 g/mol. The highest BCUT2D eigenvalue weighted by atomic mass is 35.5. The molecule has 0 radical (unpaired) electrons. The minimum Gasteiger partial charge on any atom is -0.350 e. The van der Waals surface area contributed by atoms with Crippen LogP contribution >= 0.6 is 11.6 Å². The molecule has 2 N–H and O–H groups in total. The number of aromatic nitrogens is 4. The van der Waals surface area contributed by atoms with Crippen molar-refractivity contribution >= 4 is 45.5 Å². The largest absolute Gasteiger partial charge is 0.350 e. The zero-order chi connectivity index (χ0) is 30.2. The molecule has 2 amide bonds. The third-order valence-electron chi connectivity index (χ3n) is 8.25. The van der Waals surface area contributed by atoms with E-state index in [9.17, 15) is 9.59 Å². The molecule has 45 heavy (non-hydrogen) atoms. The second-order valence-electron chi connectivity index (χ2n) is 10.9. The minimum atomic E-state index is -0.0340. The molecule has 2 aromatic heterocycles. The number of para-hydroxylation sites is 2. The summed E-state index contributed by atoms with van der Waals surface area (Å²) >= 11 is 5.85. The Hall–Kier alpha value is -4.95. The first-order valence-corrected chi connectivity index (χ1v) is 15.4. The van der Waals surface area contributed by atoms with Crippen molar-refractivity contribution in [1.82, 2.24) is 29.7 Å². The number of aryl methyl sites for hydroxylation is 1. The van der Waals surface area contributed by atoms with Gasteiger partial charge in [-0.15, -0.1) is 11.6 Å². The summed E-state index contributed by atoms with van der Waals surface area (Å²) in [6, 6.07) is 28.0. The predicted molar refractivity (Wildman–Crippen MR) is 181 cm³/mol. The van der Waals surface area contributed by atoms with Gasteiger partial charge in [-0.05, 0) is 41.8 Å². The number of amides is 2. The van der Waals surface area contributed by atoms with E-state index in [1.165, 1.54) is 5.56 Å². The molecule has 4 heterocycles. The first-order chi connectivity index (χ1) is 21.6. The molecule has 0 unspecified atom stereocenters. The van der Waals surface area contributed by atoms with Gasteiger partial charge in [-0.1, -0.05) is 75.0 Å². The van der Waals surface area contributed by atoms with Gasteiger partial charge in [-0.25, -0.2) is 9.97 Å². The molecule has 228 valence electrons. The number of nitrogens with one attached hydrogen (secondary N) is 2. The van der Waals surface area contributed by atoms with Crippen LogP contribution in [-0.2, 0) is 25.4 Å². The number of halogens is 1. The molecule has 8 nitrogen and oxygen atoms in total. The lowest BCUT2D eigenvalue weighted by Crippen LogP contribution is -2.24. The van der Waals surface area contributed by atoms with E-state index in [-0.39, 0.29) is 19.2 Å². The maximum atomic E-state index is 12.2. The maximum absolute atomic E-state index is 12.2. The Kier molecular flexibility index (Phi) is 8.41. The standard InChI is InChI=1S/C18H17N3O.C17H14ClN3O.CH4/c1-2-12-6-8-13(9-7-12)17-20-15-5-3-4-14-16(15)21(17)11-10-19-18(14)22;18-10-11-4-6-12(7-5-11)16-20-14-3-1-2-13-15(14)21(16)9-8-19-17(13)22;/h3-9H,2,10-11H2,1H3,(H,19,22);1-7H,8-10H2,(H,19,22);1H4. The van der Waals surface area contributed by atoms with Gasteiger partial charge < -0.3 is 19.8 Å². The molecule has 4 aromatic carbocycles. The summed E-state index contributed by atoms with van der Waals surface area (Å²) in [4.78, 5) is 33.8. The Morgan fingerprint density at radius 3 is 1.53 bits per heavy atom. The van der Waals surface area contributed by atoms with E-state index in [1.807, 2.05) is 60.7 Å². The summed E-state index contributed by atoms with van der Waals surface area (Å²) in [7, 11) is 0. The van der Waals surface area contributed by atoms with Crippen LogP contribution in [-0.4, -0.2) is 44.0 Å². The van der Waals surface area contributed by atoms with Gasteiger partial charge in [0.15, 0.2) is 0 Å². The second-order valence-corrected chi connectivity index (χ2v) is 11.2. The Bertz CT molecular complexity index is 1880. The van der Waals surface area contributed by atoms with Crippen LogP contribution in [0.4, 0.5) is 0 Å². The molecular weight excluding hydrogens is 584 g/mol. The van der Waals surface area contributed by atoms with Crippen molar-refractivity contribution in [3.63, 3.8) is 0 Å². The Labute approximate surface area is 267 Å². The van der Waals surface area contributed by atoms with Crippen LogP contribution in [0.3, 0.4) is 0 Å². The van der Waals surface area contributed by atoms with Crippen LogP contribution < -0.4 is 10.6 Å². The summed E-state index contributed by atoms with van der Waals surface area (Å²) in [5.74, 6) is 2.27. The smallest absolute Gasteiger partial charge is 0.253 e. The van der Waals surface area contributed by atoms with Gasteiger partial charge in [0.05, 0.1) is 33.2 Å². The van der Waals surface area contributed by atoms with E-state index in [2.05, 4.69) is 51.0 Å². The van der Waals surface area contributed by atoms with Crippen molar-refractivity contribution in [1.29, 1.82) is 0 Å². The number of benzene rings is 4. The molecule has 0 atom stereocenters. The lowest BCUT2D eigenvalue weighted by Gasteiger charge is -2.07. The Morgan fingerprint density at radius 1 is 0.667 bits per heavy atom. The normalized spacial score (nSPS) is 13.6. The fourth-order valence-electron chi connectivity index (χ4n) is 6.00. The molecule has 0 fully saturated rings. The molecule has 2 aliphatic heterocycles. The minimum absolute atomic E-state index is 0. The predicted octanol–water partition coefficient (Wildman–Crippen LogP) is 6.83. The van der Waals surface area contributed by atoms with Gasteiger partial charge in [0, 0.05) is 43.2 Å².